The Bertz CT molecular complexity index is 443. The summed E-state index contributed by atoms with van der Waals surface area (Å²) in [5.41, 5.74) is 5.66. The third kappa shape index (κ3) is 5.89. The maximum absolute atomic E-state index is 6.03. The molecule has 3 N–H and O–H groups in total. The minimum Gasteiger partial charge on any atom is -0.489 e. The molecular formula is C12H16BrCl2N3O. The van der Waals surface area contributed by atoms with Crippen LogP contribution in [0.1, 0.15) is 13.8 Å². The van der Waals surface area contributed by atoms with Gasteiger partial charge in [0.05, 0.1) is 16.6 Å². The van der Waals surface area contributed by atoms with Crippen molar-refractivity contribution < 1.29 is 4.74 Å². The average molecular weight is 369 g/mol. The highest BCUT2D eigenvalue weighted by molar-refractivity contribution is 9.10. The maximum atomic E-state index is 6.03. The average Bonchev–Trinajstić information content (AvgIpc) is 2.25. The molecule has 0 aliphatic rings. The van der Waals surface area contributed by atoms with Crippen LogP contribution in [-0.4, -0.2) is 25.2 Å². The number of halogens is 3. The van der Waals surface area contributed by atoms with Crippen LogP contribution in [-0.2, 0) is 0 Å². The normalized spacial score (nSPS) is 11.8. The highest BCUT2D eigenvalue weighted by atomic mass is 79.9. The summed E-state index contributed by atoms with van der Waals surface area (Å²) in [5, 5.41) is 3.90. The first-order valence-corrected chi connectivity index (χ1v) is 7.29. The second-order valence-corrected chi connectivity index (χ2v) is 5.84. The van der Waals surface area contributed by atoms with Crippen LogP contribution in [0.3, 0.4) is 0 Å². The van der Waals surface area contributed by atoms with Crippen LogP contribution in [0.4, 0.5) is 0 Å². The van der Waals surface area contributed by atoms with Crippen LogP contribution < -0.4 is 15.8 Å². The minimum absolute atomic E-state index is 0.250. The third-order valence-corrected chi connectivity index (χ3v) is 3.04. The highest BCUT2D eigenvalue weighted by Gasteiger charge is 2.08. The van der Waals surface area contributed by atoms with Gasteiger partial charge in [-0.2, -0.15) is 0 Å². The third-order valence-electron chi connectivity index (χ3n) is 2.02. The molecule has 1 rings (SSSR count). The van der Waals surface area contributed by atoms with E-state index in [1.54, 1.807) is 12.1 Å². The van der Waals surface area contributed by atoms with Crippen molar-refractivity contribution in [1.29, 1.82) is 0 Å². The molecule has 0 aromatic heterocycles. The van der Waals surface area contributed by atoms with Crippen LogP contribution in [0.2, 0.25) is 10.0 Å². The summed E-state index contributed by atoms with van der Waals surface area (Å²) in [5.74, 6) is 0.851. The molecule has 0 saturated heterocycles. The Labute approximate surface area is 131 Å². The lowest BCUT2D eigenvalue weighted by Gasteiger charge is -2.10. The van der Waals surface area contributed by atoms with Crippen molar-refractivity contribution >= 4 is 45.1 Å². The summed E-state index contributed by atoms with van der Waals surface area (Å²) in [4.78, 5) is 4.12. The van der Waals surface area contributed by atoms with Crippen molar-refractivity contribution in [2.75, 3.05) is 13.2 Å². The van der Waals surface area contributed by atoms with E-state index in [4.69, 9.17) is 33.7 Å². The van der Waals surface area contributed by atoms with Gasteiger partial charge in [-0.3, -0.25) is 0 Å². The number of aliphatic imine (C=N–C) groups is 1. The molecule has 0 aliphatic heterocycles. The van der Waals surface area contributed by atoms with E-state index in [2.05, 4.69) is 26.2 Å². The molecule has 1 aromatic rings. The molecule has 0 bridgehead atoms. The molecular weight excluding hydrogens is 353 g/mol. The van der Waals surface area contributed by atoms with Crippen molar-refractivity contribution in [2.24, 2.45) is 10.7 Å². The second kappa shape index (κ2) is 7.82. The summed E-state index contributed by atoms with van der Waals surface area (Å²) in [6.45, 7) is 4.75. The summed E-state index contributed by atoms with van der Waals surface area (Å²) in [6.07, 6.45) is 0. The van der Waals surface area contributed by atoms with Crippen molar-refractivity contribution in [3.8, 4) is 5.75 Å². The molecule has 0 spiro atoms. The minimum atomic E-state index is 0.250. The molecule has 0 radical (unpaired) electrons. The Balaban J connectivity index is 2.50. The van der Waals surface area contributed by atoms with Gasteiger partial charge >= 0.3 is 0 Å². The zero-order valence-corrected chi connectivity index (χ0v) is 13.8. The van der Waals surface area contributed by atoms with Gasteiger partial charge in [0.15, 0.2) is 11.7 Å². The summed E-state index contributed by atoms with van der Waals surface area (Å²) < 4.78 is 6.31. The lowest BCUT2D eigenvalue weighted by molar-refractivity contribution is 0.329. The van der Waals surface area contributed by atoms with Gasteiger partial charge < -0.3 is 15.8 Å². The molecule has 0 unspecified atom stereocenters. The maximum Gasteiger partial charge on any atom is 0.188 e. The highest BCUT2D eigenvalue weighted by Crippen LogP contribution is 2.35. The first-order valence-electron chi connectivity index (χ1n) is 5.74. The van der Waals surface area contributed by atoms with E-state index in [0.29, 0.717) is 34.9 Å². The van der Waals surface area contributed by atoms with Gasteiger partial charge in [0.25, 0.3) is 0 Å². The number of rotatable bonds is 5. The van der Waals surface area contributed by atoms with E-state index < -0.39 is 0 Å². The molecule has 0 heterocycles. The van der Waals surface area contributed by atoms with E-state index in [1.807, 2.05) is 13.8 Å². The number of benzene rings is 1. The molecule has 0 fully saturated rings. The zero-order chi connectivity index (χ0) is 14.4. The van der Waals surface area contributed by atoms with Crippen LogP contribution in [0.25, 0.3) is 0 Å². The first kappa shape index (κ1) is 16.4. The van der Waals surface area contributed by atoms with Crippen LogP contribution in [0.15, 0.2) is 21.6 Å². The van der Waals surface area contributed by atoms with Gasteiger partial charge in [-0.1, -0.05) is 39.1 Å². The predicted octanol–water partition coefficient (Wildman–Crippen LogP) is 3.45. The lowest BCUT2D eigenvalue weighted by Crippen LogP contribution is -2.37. The van der Waals surface area contributed by atoms with Crippen LogP contribution >= 0.6 is 39.1 Å². The Kier molecular flexibility index (Phi) is 6.75. The lowest BCUT2D eigenvalue weighted by atomic mass is 10.3. The molecule has 0 aliphatic carbocycles. The number of hydrogen-bond acceptors (Lipinski definition) is 2. The summed E-state index contributed by atoms with van der Waals surface area (Å²) >= 11 is 15.4. The monoisotopic (exact) mass is 367 g/mol. The Hall–Kier alpha value is -0.650. The van der Waals surface area contributed by atoms with Crippen LogP contribution in [0.5, 0.6) is 5.75 Å². The smallest absolute Gasteiger partial charge is 0.188 e. The fraction of sp³-hybridized carbons (Fsp3) is 0.417. The van der Waals surface area contributed by atoms with E-state index in [1.165, 1.54) is 0 Å². The van der Waals surface area contributed by atoms with E-state index >= 15 is 0 Å². The van der Waals surface area contributed by atoms with Gasteiger partial charge in [0.2, 0.25) is 0 Å². The molecule has 106 valence electrons. The number of ether oxygens (including phenoxy) is 1. The van der Waals surface area contributed by atoms with E-state index in [-0.39, 0.29) is 6.04 Å². The SMILES string of the molecule is CC(C)NC(N)=NCCOc1c(Cl)cc(Br)cc1Cl. The quantitative estimate of drug-likeness (QED) is 0.475. The Morgan fingerprint density at radius 2 is 2.00 bits per heavy atom. The number of guanidine groups is 1. The molecule has 0 saturated carbocycles. The molecule has 1 aromatic carbocycles. The predicted molar refractivity (Wildman–Crippen MR) is 84.4 cm³/mol. The van der Waals surface area contributed by atoms with Gasteiger partial charge in [-0.15, -0.1) is 0 Å². The van der Waals surface area contributed by atoms with Gasteiger partial charge in [-0.05, 0) is 26.0 Å². The standard InChI is InChI=1S/C12H16BrCl2N3O/c1-7(2)18-12(16)17-3-4-19-11-9(14)5-8(13)6-10(11)15/h5-7H,3-4H2,1-2H3,(H3,16,17,18). The van der Waals surface area contributed by atoms with E-state index in [9.17, 15) is 0 Å². The number of hydrogen-bond donors (Lipinski definition) is 2. The van der Waals surface area contributed by atoms with Crippen LogP contribution in [0, 0.1) is 0 Å². The molecule has 7 heteroatoms. The number of nitrogens with two attached hydrogens (primary N) is 1. The summed E-state index contributed by atoms with van der Waals surface area (Å²) in [6, 6.07) is 3.70. The second-order valence-electron chi connectivity index (χ2n) is 4.11. The van der Waals surface area contributed by atoms with Crippen molar-refractivity contribution in [1.82, 2.24) is 5.32 Å². The topological polar surface area (TPSA) is 59.6 Å². The molecule has 19 heavy (non-hydrogen) atoms. The van der Waals surface area contributed by atoms with E-state index in [0.717, 1.165) is 4.47 Å². The molecule has 0 amide bonds. The molecule has 4 nitrogen and oxygen atoms in total. The fourth-order valence-corrected chi connectivity index (χ4v) is 2.64. The Morgan fingerprint density at radius 1 is 1.42 bits per heavy atom. The van der Waals surface area contributed by atoms with Gasteiger partial charge in [-0.25, -0.2) is 4.99 Å². The summed E-state index contributed by atoms with van der Waals surface area (Å²) in [7, 11) is 0. The number of nitrogens with one attached hydrogen (secondary N) is 1. The van der Waals surface area contributed by atoms with Crippen molar-refractivity contribution in [3.05, 3.63) is 26.7 Å². The van der Waals surface area contributed by atoms with Crippen molar-refractivity contribution in [3.63, 3.8) is 0 Å². The molecule has 0 atom stereocenters. The Morgan fingerprint density at radius 3 is 2.53 bits per heavy atom. The zero-order valence-electron chi connectivity index (χ0n) is 10.7. The largest absolute Gasteiger partial charge is 0.489 e. The van der Waals surface area contributed by atoms with Gasteiger partial charge in [0.1, 0.15) is 6.61 Å². The van der Waals surface area contributed by atoms with Crippen molar-refractivity contribution in [2.45, 2.75) is 19.9 Å². The first-order chi connectivity index (χ1) is 8.90. The fourth-order valence-electron chi connectivity index (χ4n) is 1.32. The number of nitrogens with zero attached hydrogens (tertiary/aromatic N) is 1. The van der Waals surface area contributed by atoms with Gasteiger partial charge in [0, 0.05) is 10.5 Å².